The molecule has 1 saturated carbocycles. The summed E-state index contributed by atoms with van der Waals surface area (Å²) in [6, 6.07) is 8.67. The summed E-state index contributed by atoms with van der Waals surface area (Å²) in [5, 5.41) is 0. The van der Waals surface area contributed by atoms with Crippen LogP contribution in [0.2, 0.25) is 0 Å². The molecule has 0 radical (unpaired) electrons. The van der Waals surface area contributed by atoms with Gasteiger partial charge in [0.25, 0.3) is 0 Å². The van der Waals surface area contributed by atoms with Crippen LogP contribution in [0.3, 0.4) is 0 Å². The number of carbonyl (C=O) groups excluding carboxylic acids is 3. The second kappa shape index (κ2) is 8.07. The third kappa shape index (κ3) is 4.98. The summed E-state index contributed by atoms with van der Waals surface area (Å²) in [5.74, 6) is -1.89. The SMILES string of the molecule is O=C1CCCC(C(=O)c2ccccc2)C1=O.O[As](O)O. The van der Waals surface area contributed by atoms with Gasteiger partial charge in [-0.15, -0.1) is 0 Å². The molecule has 1 fully saturated rings. The fraction of sp³-hybridized carbons (Fsp3) is 0.308. The van der Waals surface area contributed by atoms with E-state index in [4.69, 9.17) is 12.3 Å². The van der Waals surface area contributed by atoms with E-state index >= 15 is 0 Å². The van der Waals surface area contributed by atoms with Gasteiger partial charge in [-0.3, -0.25) is 14.4 Å². The average molecular weight is 342 g/mol. The number of hydrogen-bond donors (Lipinski definition) is 3. The molecule has 0 heterocycles. The molecule has 0 amide bonds. The molecule has 0 saturated heterocycles. The van der Waals surface area contributed by atoms with E-state index in [9.17, 15) is 14.4 Å². The Morgan fingerprint density at radius 2 is 1.65 bits per heavy atom. The topological polar surface area (TPSA) is 112 Å². The zero-order valence-electron chi connectivity index (χ0n) is 10.6. The van der Waals surface area contributed by atoms with E-state index < -0.39 is 33.2 Å². The molecule has 0 bridgehead atoms. The number of carbonyl (C=O) groups is 3. The number of hydrogen-bond acceptors (Lipinski definition) is 6. The predicted molar refractivity (Wildman–Crippen MR) is 70.5 cm³/mol. The summed E-state index contributed by atoms with van der Waals surface area (Å²) >= 11 is -3.19. The van der Waals surface area contributed by atoms with Crippen molar-refractivity contribution >= 4 is 33.0 Å². The predicted octanol–water partition coefficient (Wildman–Crippen LogP) is -0.244. The van der Waals surface area contributed by atoms with Crippen LogP contribution in [0, 0.1) is 5.92 Å². The van der Waals surface area contributed by atoms with Crippen molar-refractivity contribution in [2.45, 2.75) is 19.3 Å². The Hall–Kier alpha value is -1.33. The van der Waals surface area contributed by atoms with Crippen molar-refractivity contribution in [2.24, 2.45) is 5.92 Å². The van der Waals surface area contributed by atoms with Gasteiger partial charge in [0, 0.05) is 12.0 Å². The van der Waals surface area contributed by atoms with Crippen LogP contribution in [-0.2, 0) is 9.59 Å². The van der Waals surface area contributed by atoms with Gasteiger partial charge in [0.05, 0.1) is 5.92 Å². The van der Waals surface area contributed by atoms with Gasteiger partial charge in [-0.2, -0.15) is 0 Å². The van der Waals surface area contributed by atoms with Crippen LogP contribution in [-0.4, -0.2) is 45.3 Å². The fourth-order valence-corrected chi connectivity index (χ4v) is 1.97. The van der Waals surface area contributed by atoms with Gasteiger partial charge in [-0.05, 0) is 12.8 Å². The van der Waals surface area contributed by atoms with E-state index in [1.54, 1.807) is 24.3 Å². The third-order valence-electron chi connectivity index (χ3n) is 2.86. The van der Waals surface area contributed by atoms with Crippen LogP contribution in [0.5, 0.6) is 0 Å². The molecule has 1 aromatic carbocycles. The standard InChI is InChI=1S/C13H12O3.AsH3O3/c14-11-8-4-7-10(13(11)16)12(15)9-5-2-1-3-6-9;2-1(3)4/h1-3,5-6,10H,4,7-8H2;2-4H. The molecule has 1 aromatic rings. The molecule has 1 aliphatic carbocycles. The molecule has 1 aliphatic rings. The van der Waals surface area contributed by atoms with Gasteiger partial charge in [-0.25, -0.2) is 0 Å². The molecule has 1 atom stereocenters. The molecule has 2 rings (SSSR count). The minimum absolute atomic E-state index is 0.223. The zero-order valence-corrected chi connectivity index (χ0v) is 12.5. The number of rotatable bonds is 2. The van der Waals surface area contributed by atoms with E-state index in [0.717, 1.165) is 0 Å². The monoisotopic (exact) mass is 342 g/mol. The first kappa shape index (κ1) is 16.7. The third-order valence-corrected chi connectivity index (χ3v) is 2.86. The molecular weight excluding hydrogens is 327 g/mol. The molecule has 0 spiro atoms. The van der Waals surface area contributed by atoms with Gasteiger partial charge in [-0.1, -0.05) is 30.3 Å². The molecular formula is C13H15AsO6. The van der Waals surface area contributed by atoms with Crippen molar-refractivity contribution in [1.29, 1.82) is 0 Å². The van der Waals surface area contributed by atoms with Gasteiger partial charge >= 0.3 is 28.0 Å². The maximum absolute atomic E-state index is 12.0. The quantitative estimate of drug-likeness (QED) is 0.296. The van der Waals surface area contributed by atoms with Crippen molar-refractivity contribution in [3.63, 3.8) is 0 Å². The Morgan fingerprint density at radius 1 is 1.10 bits per heavy atom. The Balaban J connectivity index is 0.000000444. The normalized spacial score (nSPS) is 18.5. The molecule has 7 heteroatoms. The Labute approximate surface area is 121 Å². The maximum atomic E-state index is 12.0. The molecule has 108 valence electrons. The van der Waals surface area contributed by atoms with E-state index in [0.29, 0.717) is 18.4 Å². The molecule has 20 heavy (non-hydrogen) atoms. The van der Waals surface area contributed by atoms with E-state index in [1.165, 1.54) is 0 Å². The Kier molecular flexibility index (Phi) is 6.74. The first-order valence-electron chi connectivity index (χ1n) is 5.96. The summed E-state index contributed by atoms with van der Waals surface area (Å²) in [6.07, 6.45) is 1.42. The number of ketones is 3. The van der Waals surface area contributed by atoms with E-state index in [1.807, 2.05) is 6.07 Å². The average Bonchev–Trinajstić information content (AvgIpc) is 2.41. The van der Waals surface area contributed by atoms with E-state index in [-0.39, 0.29) is 12.2 Å². The second-order valence-electron chi connectivity index (χ2n) is 4.23. The van der Waals surface area contributed by atoms with Crippen molar-refractivity contribution in [1.82, 2.24) is 0 Å². The van der Waals surface area contributed by atoms with Crippen molar-refractivity contribution < 1.29 is 26.7 Å². The molecule has 1 unspecified atom stereocenters. The number of benzene rings is 1. The van der Waals surface area contributed by atoms with Gasteiger partial charge < -0.3 is 0 Å². The van der Waals surface area contributed by atoms with Crippen LogP contribution in [0.15, 0.2) is 30.3 Å². The first-order chi connectivity index (χ1) is 9.43. The Morgan fingerprint density at radius 3 is 2.20 bits per heavy atom. The van der Waals surface area contributed by atoms with Crippen LogP contribution < -0.4 is 0 Å². The number of Topliss-reactive ketones (excluding diaryl/α,β-unsaturated/α-hetero) is 3. The second-order valence-corrected chi connectivity index (χ2v) is 5.36. The van der Waals surface area contributed by atoms with Gasteiger partial charge in [0.1, 0.15) is 0 Å². The molecule has 0 aromatic heterocycles. The Bertz CT molecular complexity index is 482. The summed E-state index contributed by atoms with van der Waals surface area (Å²) in [4.78, 5) is 34.8. The molecule has 6 nitrogen and oxygen atoms in total. The van der Waals surface area contributed by atoms with Gasteiger partial charge in [0.15, 0.2) is 11.6 Å². The molecule has 3 N–H and O–H groups in total. The fourth-order valence-electron chi connectivity index (χ4n) is 1.97. The van der Waals surface area contributed by atoms with Crippen LogP contribution >= 0.6 is 0 Å². The van der Waals surface area contributed by atoms with Gasteiger partial charge in [0.2, 0.25) is 5.78 Å². The van der Waals surface area contributed by atoms with Crippen molar-refractivity contribution in [3.05, 3.63) is 35.9 Å². The van der Waals surface area contributed by atoms with Crippen molar-refractivity contribution in [2.75, 3.05) is 0 Å². The van der Waals surface area contributed by atoms with Crippen LogP contribution in [0.1, 0.15) is 29.6 Å². The van der Waals surface area contributed by atoms with Crippen molar-refractivity contribution in [3.8, 4) is 0 Å². The zero-order chi connectivity index (χ0) is 15.1. The summed E-state index contributed by atoms with van der Waals surface area (Å²) in [6.45, 7) is 0. The summed E-state index contributed by atoms with van der Waals surface area (Å²) in [5.41, 5.74) is 0.510. The van der Waals surface area contributed by atoms with Crippen LogP contribution in [0.25, 0.3) is 0 Å². The van der Waals surface area contributed by atoms with Crippen LogP contribution in [0.4, 0.5) is 0 Å². The summed E-state index contributed by atoms with van der Waals surface area (Å²) < 4.78 is 21.9. The first-order valence-corrected chi connectivity index (χ1v) is 8.48. The minimum atomic E-state index is -3.19. The van der Waals surface area contributed by atoms with E-state index in [2.05, 4.69) is 0 Å². The summed E-state index contributed by atoms with van der Waals surface area (Å²) in [7, 11) is 0. The molecule has 0 aliphatic heterocycles.